The maximum absolute atomic E-state index is 15.5. The van der Waals surface area contributed by atoms with E-state index in [1.165, 1.54) is 76.0 Å². The van der Waals surface area contributed by atoms with Gasteiger partial charge in [-0.1, -0.05) is 40.0 Å². The highest BCUT2D eigenvalue weighted by molar-refractivity contribution is 6.01. The van der Waals surface area contributed by atoms with Gasteiger partial charge in [0.05, 0.1) is 31.5 Å². The lowest BCUT2D eigenvalue weighted by Gasteiger charge is -2.46. The predicted molar refractivity (Wildman–Crippen MR) is 370 cm³/mol. The summed E-state index contributed by atoms with van der Waals surface area (Å²) in [5.74, 6) is -16.9. The molecule has 33 heteroatoms. The molecule has 1 spiro atoms. The van der Waals surface area contributed by atoms with Crippen LogP contribution in [0.1, 0.15) is 169 Å². The molecule has 3 aliphatic heterocycles. The molecule has 3 saturated heterocycles. The van der Waals surface area contributed by atoms with Gasteiger partial charge in [0.2, 0.25) is 70.9 Å². The lowest BCUT2D eigenvalue weighted by atomic mass is 9.74. The molecule has 8 fully saturated rings. The Morgan fingerprint density at radius 3 is 1.77 bits per heavy atom. The van der Waals surface area contributed by atoms with E-state index in [1.54, 1.807) is 27.7 Å². The molecule has 0 aromatic carbocycles. The van der Waals surface area contributed by atoms with Gasteiger partial charge in [0, 0.05) is 82.5 Å². The molecule has 12 amide bonds. The molecule has 0 radical (unpaired) electrons. The smallest absolute Gasteiger partial charge is 0.377 e. The molecule has 5 aliphatic carbocycles. The summed E-state index contributed by atoms with van der Waals surface area (Å²) in [6.07, 6.45) is -15.8. The standard InChI is InChI=1S/C73H112F8N12O13/c1-13-40(4)60-68(103)87(8)39-58(96)89(10)53-33-44-32-45(44)36-92(67(53)102)55(31-41-21-24-46(25-22-41)72(76,77)78)66(101)86(7)38-56(94)82-50(26-23-42-29-48(74)59(49(75)30-42)73(79,80)81)64(99)93-37-47(106-15-3)34-52(93)63(98)84-71(27-18-28-71)70(105)91(12)61(43-19-16-17-20-43)69(104)90(11)54(65(100)85(5)6)35-57(95)88(9)51(14-2)62(97)83-60/h40-55,59-61H,13-39H2,1-12H3,(H,82,94)(H,83,97)(H,84,98)/t40-,41?,42?,44+,45-,46?,47+,48?,49?,50-,51-,52-,53-,54-,55-,59?,60-,61-/m0/s1. The van der Waals surface area contributed by atoms with Crippen molar-refractivity contribution in [1.82, 2.24) is 60.0 Å². The topological polar surface area (TPSA) is 279 Å². The van der Waals surface area contributed by atoms with E-state index in [4.69, 9.17) is 4.74 Å². The Balaban J connectivity index is 1.19. The maximum Gasteiger partial charge on any atom is 0.397 e. The minimum absolute atomic E-state index is 0.00471. The van der Waals surface area contributed by atoms with E-state index in [2.05, 4.69) is 16.0 Å². The van der Waals surface area contributed by atoms with Gasteiger partial charge in [0.25, 0.3) is 0 Å². The van der Waals surface area contributed by atoms with Crippen LogP contribution in [0.4, 0.5) is 35.1 Å². The third-order valence-corrected chi connectivity index (χ3v) is 24.6. The van der Waals surface area contributed by atoms with Crippen LogP contribution in [0.2, 0.25) is 0 Å². The minimum Gasteiger partial charge on any atom is -0.377 e. The molecule has 5 saturated carbocycles. The summed E-state index contributed by atoms with van der Waals surface area (Å²) in [7, 11) is 10.9. The molecule has 106 heavy (non-hydrogen) atoms. The van der Waals surface area contributed by atoms with E-state index in [0.29, 0.717) is 44.9 Å². The van der Waals surface area contributed by atoms with Gasteiger partial charge in [-0.2, -0.15) is 26.3 Å². The fourth-order valence-electron chi connectivity index (χ4n) is 17.5. The Labute approximate surface area is 616 Å². The molecule has 14 atom stereocenters. The zero-order chi connectivity index (χ0) is 78.5. The van der Waals surface area contributed by atoms with Gasteiger partial charge in [-0.3, -0.25) is 57.5 Å². The maximum atomic E-state index is 15.5. The number of halogens is 8. The van der Waals surface area contributed by atoms with Crippen molar-refractivity contribution in [2.45, 2.75) is 254 Å². The largest absolute Gasteiger partial charge is 0.397 e. The Bertz CT molecular complexity index is 3190. The average molecular weight is 1520 g/mol. The van der Waals surface area contributed by atoms with Gasteiger partial charge in [-0.05, 0) is 152 Å². The number of nitrogens with one attached hydrogen (secondary N) is 3. The van der Waals surface area contributed by atoms with Gasteiger partial charge in [0.1, 0.15) is 72.1 Å². The minimum atomic E-state index is -5.21. The highest BCUT2D eigenvalue weighted by atomic mass is 19.4. The van der Waals surface area contributed by atoms with Gasteiger partial charge in [-0.15, -0.1) is 0 Å². The zero-order valence-corrected chi connectivity index (χ0v) is 63.4. The second-order valence-electron chi connectivity index (χ2n) is 31.9. The molecular weight excluding hydrogens is 1400 g/mol. The number of alkyl halides is 8. The summed E-state index contributed by atoms with van der Waals surface area (Å²) in [5.41, 5.74) is -1.68. The Morgan fingerprint density at radius 2 is 1.22 bits per heavy atom. The first-order chi connectivity index (χ1) is 49.7. The van der Waals surface area contributed by atoms with Crippen molar-refractivity contribution in [3.05, 3.63) is 0 Å². The average Bonchev–Trinajstić information content (AvgIpc) is 1.14. The molecule has 0 aromatic heterocycles. The van der Waals surface area contributed by atoms with Crippen LogP contribution in [0, 0.1) is 47.3 Å². The number of hydrogen-bond donors (Lipinski definition) is 3. The molecular formula is C73H112F8N12O13. The number of likely N-dealkylation sites (N-methyl/N-ethyl adjacent to an activating group) is 7. The van der Waals surface area contributed by atoms with Crippen molar-refractivity contribution in [2.75, 3.05) is 89.2 Å². The first-order valence-corrected chi connectivity index (χ1v) is 38.0. The Kier molecular flexibility index (Phi) is 28.1. The number of ether oxygens (including phenoxy) is 1. The van der Waals surface area contributed by atoms with Gasteiger partial charge in [0.15, 0.2) is 0 Å². The zero-order valence-electron chi connectivity index (χ0n) is 63.4. The number of fused-ring (bicyclic) bond motifs is 4. The number of amides is 12. The van der Waals surface area contributed by atoms with E-state index in [9.17, 15) is 55.1 Å². The molecule has 3 heterocycles. The van der Waals surface area contributed by atoms with E-state index < -0.39 is 230 Å². The number of hydrogen-bond acceptors (Lipinski definition) is 13. The van der Waals surface area contributed by atoms with E-state index in [0.717, 1.165) is 24.5 Å². The van der Waals surface area contributed by atoms with E-state index in [1.807, 2.05) is 0 Å². The van der Waals surface area contributed by atoms with Gasteiger partial charge in [-0.25, -0.2) is 8.78 Å². The van der Waals surface area contributed by atoms with Crippen LogP contribution in [0.3, 0.4) is 0 Å². The SMILES string of the molecule is CCO[C@@H]1C[C@H]2C(=O)NC3(CCC3)C(=O)N(C)[C@@H](C3CCCC3)C(=O)N(C)[C@H](C(=O)N(C)C)CC(=O)N(C)[C@@H](CC)C(=O)N[C@@H]([C@@H](C)CC)C(=O)N(C)CC(=O)N(C)[C@H]3C[C@H]4C[C@H]4CN(C3=O)[C@@H](CC3CCC(C(F)(F)F)CC3)C(=O)N(C)CC(=O)N[C@@H](CCC3CC(F)C(C(F)(F)F)C(F)C3)C(=O)N2C1. The van der Waals surface area contributed by atoms with Crippen molar-refractivity contribution in [3.63, 3.8) is 0 Å². The van der Waals surface area contributed by atoms with Crippen molar-refractivity contribution >= 4 is 70.9 Å². The van der Waals surface area contributed by atoms with Crippen molar-refractivity contribution in [1.29, 1.82) is 0 Å². The van der Waals surface area contributed by atoms with Crippen LogP contribution >= 0.6 is 0 Å². The quantitative estimate of drug-likeness (QED) is 0.207. The highest BCUT2D eigenvalue weighted by Crippen LogP contribution is 2.49. The molecule has 25 nitrogen and oxygen atoms in total. The monoisotopic (exact) mass is 1520 g/mol. The van der Waals surface area contributed by atoms with Crippen molar-refractivity contribution in [2.24, 2.45) is 47.3 Å². The fraction of sp³-hybridized carbons (Fsp3) is 0.836. The lowest BCUT2D eigenvalue weighted by Crippen LogP contribution is -2.68. The van der Waals surface area contributed by atoms with E-state index >= 15 is 37.5 Å². The van der Waals surface area contributed by atoms with Crippen LogP contribution in [0.15, 0.2) is 0 Å². The normalized spacial score (nSPS) is 33.7. The van der Waals surface area contributed by atoms with Crippen molar-refractivity contribution < 1.29 is 97.4 Å². The Hall–Kier alpha value is -6.96. The number of carbonyl (C=O) groups is 12. The number of nitrogens with zero attached hydrogens (tertiary/aromatic N) is 9. The summed E-state index contributed by atoms with van der Waals surface area (Å²) in [4.78, 5) is 191. The summed E-state index contributed by atoms with van der Waals surface area (Å²) in [5, 5.41) is 8.37. The second kappa shape index (κ2) is 35.2. The Morgan fingerprint density at radius 1 is 0.594 bits per heavy atom. The number of rotatable bonds is 12. The molecule has 3 N–H and O–H groups in total. The van der Waals surface area contributed by atoms with Crippen LogP contribution in [0.25, 0.3) is 0 Å². The first kappa shape index (κ1) is 84.7. The van der Waals surface area contributed by atoms with Crippen LogP contribution in [-0.4, -0.2) is 289 Å². The fourth-order valence-corrected chi connectivity index (χ4v) is 17.5. The van der Waals surface area contributed by atoms with Crippen LogP contribution in [0.5, 0.6) is 0 Å². The number of carbonyl (C=O) groups excluding carboxylic acids is 12. The predicted octanol–water partition coefficient (Wildman–Crippen LogP) is 5.40. The lowest BCUT2D eigenvalue weighted by molar-refractivity contribution is -0.219. The molecule has 0 aromatic rings. The van der Waals surface area contributed by atoms with Crippen molar-refractivity contribution in [3.8, 4) is 0 Å². The molecule has 2 unspecified atom stereocenters. The second-order valence-corrected chi connectivity index (χ2v) is 31.9. The summed E-state index contributed by atoms with van der Waals surface area (Å²) in [6.45, 7) is 5.09. The van der Waals surface area contributed by atoms with Crippen LogP contribution < -0.4 is 16.0 Å². The van der Waals surface area contributed by atoms with Gasteiger partial charge < -0.3 is 64.8 Å². The molecule has 2 bridgehead atoms. The summed E-state index contributed by atoms with van der Waals surface area (Å²) >= 11 is 0. The van der Waals surface area contributed by atoms with Crippen LogP contribution in [-0.2, 0) is 62.3 Å². The van der Waals surface area contributed by atoms with Gasteiger partial charge >= 0.3 is 12.4 Å². The molecule has 598 valence electrons. The molecule has 8 rings (SSSR count). The third kappa shape index (κ3) is 19.4. The highest BCUT2D eigenvalue weighted by Gasteiger charge is 2.57. The third-order valence-electron chi connectivity index (χ3n) is 24.6. The summed E-state index contributed by atoms with van der Waals surface area (Å²) < 4.78 is 121. The summed E-state index contributed by atoms with van der Waals surface area (Å²) in [6, 6.07) is -11.1. The van der Waals surface area contributed by atoms with E-state index in [-0.39, 0.29) is 102 Å². The first-order valence-electron chi connectivity index (χ1n) is 38.0. The molecule has 8 aliphatic rings.